The number of para-hydroxylation sites is 1. The van der Waals surface area contributed by atoms with E-state index in [9.17, 15) is 9.59 Å². The van der Waals surface area contributed by atoms with Crippen LogP contribution in [0.5, 0.6) is 0 Å². The molecule has 2 amide bonds. The van der Waals surface area contributed by atoms with Crippen LogP contribution in [-0.2, 0) is 4.79 Å². The smallest absolute Gasteiger partial charge is 0.255 e. The first-order valence-corrected chi connectivity index (χ1v) is 14.3. The Balaban J connectivity index is 1.47. The molecule has 40 heavy (non-hydrogen) atoms. The lowest BCUT2D eigenvalue weighted by Crippen LogP contribution is -2.47. The molecule has 4 rings (SSSR count). The Hall–Kier alpha value is -4.00. The molecule has 0 unspecified atom stereocenters. The van der Waals surface area contributed by atoms with Crippen LogP contribution < -0.4 is 20.4 Å². The quantitative estimate of drug-likeness (QED) is 0.236. The number of anilines is 3. The van der Waals surface area contributed by atoms with Gasteiger partial charge in [0.25, 0.3) is 11.8 Å². The predicted octanol–water partition coefficient (Wildman–Crippen LogP) is 5.51. The Labute approximate surface area is 239 Å². The number of likely N-dealkylation sites (tertiary alicyclic amines) is 1. The molecule has 2 N–H and O–H groups in total. The molecule has 2 fully saturated rings. The van der Waals surface area contributed by atoms with Crippen LogP contribution in [0.15, 0.2) is 78.5 Å². The first kappa shape index (κ1) is 29.0. The van der Waals surface area contributed by atoms with Gasteiger partial charge in [-0.1, -0.05) is 43.0 Å². The number of carbonyl (C=O) groups excluding carboxylic acids is 2. The molecule has 212 valence electrons. The van der Waals surface area contributed by atoms with Gasteiger partial charge in [0, 0.05) is 68.3 Å². The molecule has 0 aromatic heterocycles. The highest BCUT2D eigenvalue weighted by Crippen LogP contribution is 2.30. The van der Waals surface area contributed by atoms with Crippen LogP contribution in [0.3, 0.4) is 0 Å². The van der Waals surface area contributed by atoms with Gasteiger partial charge in [-0.2, -0.15) is 0 Å². The third-order valence-electron chi connectivity index (χ3n) is 7.80. The van der Waals surface area contributed by atoms with Gasteiger partial charge in [-0.05, 0) is 69.9 Å². The first-order chi connectivity index (χ1) is 19.3. The van der Waals surface area contributed by atoms with Crippen LogP contribution in [0.4, 0.5) is 17.1 Å². The summed E-state index contributed by atoms with van der Waals surface area (Å²) >= 11 is 0. The van der Waals surface area contributed by atoms with E-state index in [1.165, 1.54) is 16.9 Å². The SMILES string of the molecule is C=CC(C(=O)Nc1cc(C(=O)NCCCN2CCCC2=C)ccc1N1CCN(c2ccccc2C)CC1)=C(C)C. The Morgan fingerprint density at radius 2 is 1.68 bits per heavy atom. The average molecular weight is 542 g/mol. The zero-order valence-corrected chi connectivity index (χ0v) is 24.3. The lowest BCUT2D eigenvalue weighted by atomic mass is 10.1. The van der Waals surface area contributed by atoms with Crippen LogP contribution in [0.2, 0.25) is 0 Å². The minimum absolute atomic E-state index is 0.141. The Bertz CT molecular complexity index is 1290. The Morgan fingerprint density at radius 3 is 2.30 bits per heavy atom. The first-order valence-electron chi connectivity index (χ1n) is 14.3. The molecule has 2 aromatic carbocycles. The monoisotopic (exact) mass is 541 g/mol. The van der Waals surface area contributed by atoms with Gasteiger partial charge >= 0.3 is 0 Å². The fourth-order valence-corrected chi connectivity index (χ4v) is 5.51. The molecule has 0 radical (unpaired) electrons. The molecular weight excluding hydrogens is 498 g/mol. The van der Waals surface area contributed by atoms with Gasteiger partial charge in [-0.25, -0.2) is 0 Å². The standard InChI is InChI=1S/C33H43N5O2/c1-6-28(24(2)3)33(40)35-29-23-27(32(39)34-16-10-18-36-17-9-12-26(36)5)14-15-31(29)38-21-19-37(20-22-38)30-13-8-7-11-25(30)4/h6-8,11,13-15,23H,1,5,9-10,12,16-22H2,2-4H3,(H,34,39)(H,35,40). The van der Waals surface area contributed by atoms with E-state index in [-0.39, 0.29) is 11.8 Å². The summed E-state index contributed by atoms with van der Waals surface area (Å²) in [5, 5.41) is 6.12. The highest BCUT2D eigenvalue weighted by atomic mass is 16.2. The molecule has 0 bridgehead atoms. The predicted molar refractivity (Wildman–Crippen MR) is 166 cm³/mol. The molecule has 2 aliphatic rings. The fourth-order valence-electron chi connectivity index (χ4n) is 5.51. The van der Waals surface area contributed by atoms with E-state index in [4.69, 9.17) is 0 Å². The third-order valence-corrected chi connectivity index (χ3v) is 7.80. The van der Waals surface area contributed by atoms with Crippen molar-refractivity contribution in [3.05, 3.63) is 89.7 Å². The van der Waals surface area contributed by atoms with E-state index in [0.717, 1.165) is 69.8 Å². The van der Waals surface area contributed by atoms with E-state index in [2.05, 4.69) is 69.7 Å². The lowest BCUT2D eigenvalue weighted by Gasteiger charge is -2.38. The number of amides is 2. The van der Waals surface area contributed by atoms with Crippen LogP contribution in [0.1, 0.15) is 49.0 Å². The van der Waals surface area contributed by atoms with Crippen molar-refractivity contribution in [1.29, 1.82) is 0 Å². The summed E-state index contributed by atoms with van der Waals surface area (Å²) < 4.78 is 0. The summed E-state index contributed by atoms with van der Waals surface area (Å²) in [7, 11) is 0. The van der Waals surface area contributed by atoms with E-state index in [1.54, 1.807) is 12.1 Å². The van der Waals surface area contributed by atoms with Crippen LogP contribution in [-0.4, -0.2) is 62.5 Å². The summed E-state index contributed by atoms with van der Waals surface area (Å²) in [4.78, 5) is 33.2. The average Bonchev–Trinajstić information content (AvgIpc) is 3.36. The van der Waals surface area contributed by atoms with Crippen molar-refractivity contribution in [3.63, 3.8) is 0 Å². The molecule has 2 aromatic rings. The third kappa shape index (κ3) is 6.95. The van der Waals surface area contributed by atoms with Gasteiger partial charge in [0.1, 0.15) is 0 Å². The number of rotatable bonds is 10. The topological polar surface area (TPSA) is 67.9 Å². The number of aryl methyl sites for hydroxylation is 1. The second-order valence-corrected chi connectivity index (χ2v) is 10.8. The molecule has 7 heteroatoms. The number of hydrogen-bond donors (Lipinski definition) is 2. The number of hydrogen-bond acceptors (Lipinski definition) is 5. The van der Waals surface area contributed by atoms with E-state index >= 15 is 0 Å². The van der Waals surface area contributed by atoms with Gasteiger partial charge in [0.05, 0.1) is 11.4 Å². The van der Waals surface area contributed by atoms with Crippen molar-refractivity contribution in [2.45, 2.75) is 40.0 Å². The maximum Gasteiger partial charge on any atom is 0.255 e. The lowest BCUT2D eigenvalue weighted by molar-refractivity contribution is -0.112. The Kier molecular flexibility index (Phi) is 9.70. The molecule has 7 nitrogen and oxygen atoms in total. The van der Waals surface area contributed by atoms with Crippen LogP contribution in [0.25, 0.3) is 0 Å². The van der Waals surface area contributed by atoms with Crippen molar-refractivity contribution in [2.75, 3.05) is 60.9 Å². The van der Waals surface area contributed by atoms with E-state index < -0.39 is 0 Å². The number of carbonyl (C=O) groups is 2. The number of nitrogens with one attached hydrogen (secondary N) is 2. The molecule has 0 aliphatic carbocycles. The van der Waals surface area contributed by atoms with E-state index in [0.29, 0.717) is 23.4 Å². The van der Waals surface area contributed by atoms with Crippen molar-refractivity contribution in [3.8, 4) is 0 Å². The van der Waals surface area contributed by atoms with Gasteiger partial charge in [0.15, 0.2) is 0 Å². The molecular formula is C33H43N5O2. The summed E-state index contributed by atoms with van der Waals surface area (Å²) in [5.74, 6) is -0.365. The molecule has 0 saturated carbocycles. The summed E-state index contributed by atoms with van der Waals surface area (Å²) in [6.07, 6.45) is 4.67. The highest BCUT2D eigenvalue weighted by molar-refractivity contribution is 6.08. The molecule has 2 aliphatic heterocycles. The normalized spacial score (nSPS) is 15.2. The molecule has 0 atom stereocenters. The van der Waals surface area contributed by atoms with Crippen LogP contribution in [0, 0.1) is 6.92 Å². The van der Waals surface area contributed by atoms with Gasteiger partial charge in [-0.15, -0.1) is 0 Å². The van der Waals surface area contributed by atoms with Gasteiger partial charge in [0.2, 0.25) is 0 Å². The van der Waals surface area contributed by atoms with Crippen molar-refractivity contribution in [1.82, 2.24) is 10.2 Å². The number of piperazine rings is 1. The Morgan fingerprint density at radius 1 is 0.975 bits per heavy atom. The van der Waals surface area contributed by atoms with Crippen molar-refractivity contribution < 1.29 is 9.59 Å². The van der Waals surface area contributed by atoms with Crippen molar-refractivity contribution in [2.24, 2.45) is 0 Å². The maximum absolute atomic E-state index is 13.2. The van der Waals surface area contributed by atoms with Crippen LogP contribution >= 0.6 is 0 Å². The second-order valence-electron chi connectivity index (χ2n) is 10.8. The second kappa shape index (κ2) is 13.4. The number of nitrogens with zero attached hydrogens (tertiary/aromatic N) is 3. The van der Waals surface area contributed by atoms with Crippen molar-refractivity contribution >= 4 is 28.9 Å². The zero-order chi connectivity index (χ0) is 28.6. The van der Waals surface area contributed by atoms with E-state index in [1.807, 2.05) is 26.0 Å². The molecule has 2 saturated heterocycles. The van der Waals surface area contributed by atoms with Gasteiger partial charge in [-0.3, -0.25) is 9.59 Å². The minimum Gasteiger partial charge on any atom is -0.375 e. The highest BCUT2D eigenvalue weighted by Gasteiger charge is 2.23. The molecule has 0 spiro atoms. The number of benzene rings is 2. The van der Waals surface area contributed by atoms with Gasteiger partial charge < -0.3 is 25.3 Å². The zero-order valence-electron chi connectivity index (χ0n) is 24.3. The maximum atomic E-state index is 13.2. The molecule has 2 heterocycles. The number of allylic oxidation sites excluding steroid dienone is 2. The minimum atomic E-state index is -0.224. The summed E-state index contributed by atoms with van der Waals surface area (Å²) in [6, 6.07) is 14.1. The summed E-state index contributed by atoms with van der Waals surface area (Å²) in [5.41, 5.74) is 7.22. The largest absolute Gasteiger partial charge is 0.375 e. The fraction of sp³-hybridized carbons (Fsp3) is 0.394. The summed E-state index contributed by atoms with van der Waals surface area (Å²) in [6.45, 7) is 19.8.